The minimum Gasteiger partial charge on any atom is -0.370 e. The van der Waals surface area contributed by atoms with E-state index in [1.807, 2.05) is 6.92 Å². The summed E-state index contributed by atoms with van der Waals surface area (Å²) in [6.07, 6.45) is 2.61. The number of nitrogens with one attached hydrogen (secondary N) is 1. The Bertz CT molecular complexity index is 262. The zero-order valence-electron chi connectivity index (χ0n) is 7.24. The third-order valence-corrected chi connectivity index (χ3v) is 1.54. The van der Waals surface area contributed by atoms with Gasteiger partial charge in [0.05, 0.1) is 12.0 Å². The minimum atomic E-state index is -0.285. The summed E-state index contributed by atoms with van der Waals surface area (Å²) in [7, 11) is 0. The topological polar surface area (TPSA) is 71.8 Å². The molecule has 0 aliphatic rings. The molecular formula is C7H13Cl2N3O. The van der Waals surface area contributed by atoms with Gasteiger partial charge in [0.1, 0.15) is 0 Å². The molecule has 0 fully saturated rings. The number of halogens is 2. The van der Waals surface area contributed by atoms with Crippen molar-refractivity contribution in [3.63, 3.8) is 0 Å². The van der Waals surface area contributed by atoms with Gasteiger partial charge in [-0.1, -0.05) is 0 Å². The van der Waals surface area contributed by atoms with Gasteiger partial charge in [-0.25, -0.2) is 4.98 Å². The van der Waals surface area contributed by atoms with Crippen molar-refractivity contribution < 1.29 is 4.79 Å². The number of H-pyrrole nitrogens is 1. The maximum Gasteiger partial charge on any atom is 0.217 e. The van der Waals surface area contributed by atoms with Gasteiger partial charge in [0, 0.05) is 18.5 Å². The van der Waals surface area contributed by atoms with Crippen LogP contribution in [0.5, 0.6) is 0 Å². The van der Waals surface area contributed by atoms with Gasteiger partial charge in [0.25, 0.3) is 0 Å². The molecule has 13 heavy (non-hydrogen) atoms. The number of hydrogen-bond donors (Lipinski definition) is 2. The lowest BCUT2D eigenvalue weighted by Gasteiger charge is -1.93. The predicted octanol–water partition coefficient (Wildman–Crippen LogP) is 0.980. The van der Waals surface area contributed by atoms with E-state index in [1.54, 1.807) is 6.33 Å². The maximum absolute atomic E-state index is 10.4. The Morgan fingerprint density at radius 3 is 2.62 bits per heavy atom. The molecule has 0 aliphatic heterocycles. The molecule has 1 amide bonds. The van der Waals surface area contributed by atoms with Crippen LogP contribution in [0.3, 0.4) is 0 Å². The smallest absolute Gasteiger partial charge is 0.217 e. The number of primary amides is 1. The summed E-state index contributed by atoms with van der Waals surface area (Å²) in [5.41, 5.74) is 6.91. The molecule has 0 aliphatic carbocycles. The maximum atomic E-state index is 10.4. The number of carbonyl (C=O) groups is 1. The van der Waals surface area contributed by atoms with Gasteiger partial charge in [-0.2, -0.15) is 0 Å². The SMILES string of the molecule is Cc1[nH]cnc1CCC(N)=O.Cl.Cl. The summed E-state index contributed by atoms with van der Waals surface area (Å²) in [5, 5.41) is 0. The molecule has 0 radical (unpaired) electrons. The first-order valence-corrected chi connectivity index (χ1v) is 3.47. The van der Waals surface area contributed by atoms with Crippen molar-refractivity contribution in [3.05, 3.63) is 17.7 Å². The van der Waals surface area contributed by atoms with E-state index in [0.717, 1.165) is 11.4 Å². The number of imidazole rings is 1. The molecule has 4 nitrogen and oxygen atoms in total. The normalized spacial score (nSPS) is 8.38. The molecule has 0 spiro atoms. The van der Waals surface area contributed by atoms with Gasteiger partial charge in [-0.15, -0.1) is 24.8 Å². The van der Waals surface area contributed by atoms with E-state index in [9.17, 15) is 4.79 Å². The van der Waals surface area contributed by atoms with Crippen molar-refractivity contribution in [2.75, 3.05) is 0 Å². The summed E-state index contributed by atoms with van der Waals surface area (Å²) in [4.78, 5) is 17.3. The summed E-state index contributed by atoms with van der Waals surface area (Å²) in [6.45, 7) is 1.92. The Morgan fingerprint density at radius 2 is 2.23 bits per heavy atom. The van der Waals surface area contributed by atoms with E-state index in [-0.39, 0.29) is 30.7 Å². The first kappa shape index (κ1) is 14.8. The Hall–Kier alpha value is -0.740. The monoisotopic (exact) mass is 225 g/mol. The number of nitrogens with two attached hydrogens (primary N) is 1. The number of hydrogen-bond acceptors (Lipinski definition) is 2. The van der Waals surface area contributed by atoms with E-state index in [0.29, 0.717) is 12.8 Å². The van der Waals surface area contributed by atoms with Crippen LogP contribution in [0, 0.1) is 6.92 Å². The van der Waals surface area contributed by atoms with E-state index in [1.165, 1.54) is 0 Å². The Kier molecular flexibility index (Phi) is 7.66. The molecule has 0 aromatic carbocycles. The molecule has 1 rings (SSSR count). The molecule has 1 aromatic heterocycles. The molecule has 0 unspecified atom stereocenters. The predicted molar refractivity (Wildman–Crippen MR) is 55.3 cm³/mol. The average Bonchev–Trinajstić information content (AvgIpc) is 2.31. The molecule has 0 saturated carbocycles. The number of aromatic amines is 1. The number of nitrogens with zero attached hydrogens (tertiary/aromatic N) is 1. The molecule has 0 atom stereocenters. The highest BCUT2D eigenvalue weighted by Gasteiger charge is 2.01. The fourth-order valence-corrected chi connectivity index (χ4v) is 0.881. The third-order valence-electron chi connectivity index (χ3n) is 1.54. The van der Waals surface area contributed by atoms with Crippen LogP contribution in [0.2, 0.25) is 0 Å². The zero-order chi connectivity index (χ0) is 8.27. The largest absolute Gasteiger partial charge is 0.370 e. The molecule has 1 aromatic rings. The average molecular weight is 226 g/mol. The van der Waals surface area contributed by atoms with E-state index >= 15 is 0 Å². The van der Waals surface area contributed by atoms with Crippen molar-refractivity contribution in [1.82, 2.24) is 9.97 Å². The van der Waals surface area contributed by atoms with E-state index < -0.39 is 0 Å². The van der Waals surface area contributed by atoms with Crippen LogP contribution in [0.4, 0.5) is 0 Å². The highest BCUT2D eigenvalue weighted by Crippen LogP contribution is 2.02. The highest BCUT2D eigenvalue weighted by molar-refractivity contribution is 5.85. The lowest BCUT2D eigenvalue weighted by atomic mass is 10.2. The number of aryl methyl sites for hydroxylation is 2. The highest BCUT2D eigenvalue weighted by atomic mass is 35.5. The van der Waals surface area contributed by atoms with Crippen LogP contribution >= 0.6 is 24.8 Å². The zero-order valence-corrected chi connectivity index (χ0v) is 8.87. The molecule has 3 N–H and O–H groups in total. The van der Waals surface area contributed by atoms with Gasteiger partial charge < -0.3 is 10.7 Å². The van der Waals surface area contributed by atoms with Gasteiger partial charge in [0.2, 0.25) is 5.91 Å². The van der Waals surface area contributed by atoms with Crippen molar-refractivity contribution >= 4 is 30.7 Å². The van der Waals surface area contributed by atoms with Gasteiger partial charge in [-0.05, 0) is 6.92 Å². The van der Waals surface area contributed by atoms with Crippen molar-refractivity contribution in [2.45, 2.75) is 19.8 Å². The lowest BCUT2D eigenvalue weighted by Crippen LogP contribution is -2.11. The molecule has 0 saturated heterocycles. The van der Waals surface area contributed by atoms with Crippen molar-refractivity contribution in [1.29, 1.82) is 0 Å². The number of aromatic nitrogens is 2. The number of carbonyl (C=O) groups excluding carboxylic acids is 1. The van der Waals surface area contributed by atoms with Crippen LogP contribution < -0.4 is 5.73 Å². The quantitative estimate of drug-likeness (QED) is 0.806. The standard InChI is InChI=1S/C7H11N3O.2ClH/c1-5-6(10-4-9-5)2-3-7(8)11;;/h4H,2-3H2,1H3,(H2,8,11)(H,9,10);2*1H. The summed E-state index contributed by atoms with van der Waals surface area (Å²) >= 11 is 0. The van der Waals surface area contributed by atoms with E-state index in [4.69, 9.17) is 5.73 Å². The second-order valence-electron chi connectivity index (χ2n) is 2.44. The van der Waals surface area contributed by atoms with E-state index in [2.05, 4.69) is 9.97 Å². The molecular weight excluding hydrogens is 213 g/mol. The first-order valence-electron chi connectivity index (χ1n) is 3.47. The van der Waals surface area contributed by atoms with Crippen LogP contribution in [-0.2, 0) is 11.2 Å². The Balaban J connectivity index is 0. The van der Waals surface area contributed by atoms with Crippen molar-refractivity contribution in [2.24, 2.45) is 5.73 Å². The van der Waals surface area contributed by atoms with Gasteiger partial charge in [-0.3, -0.25) is 4.79 Å². The number of rotatable bonds is 3. The number of amides is 1. The second kappa shape index (κ2) is 6.74. The second-order valence-corrected chi connectivity index (χ2v) is 2.44. The van der Waals surface area contributed by atoms with Crippen LogP contribution in [-0.4, -0.2) is 15.9 Å². The fourth-order valence-electron chi connectivity index (χ4n) is 0.881. The molecule has 1 heterocycles. The summed E-state index contributed by atoms with van der Waals surface area (Å²) < 4.78 is 0. The van der Waals surface area contributed by atoms with Crippen LogP contribution in [0.25, 0.3) is 0 Å². The third kappa shape index (κ3) is 4.75. The molecule has 0 bridgehead atoms. The fraction of sp³-hybridized carbons (Fsp3) is 0.429. The van der Waals surface area contributed by atoms with Gasteiger partial charge >= 0.3 is 0 Å². The molecule has 76 valence electrons. The van der Waals surface area contributed by atoms with Crippen LogP contribution in [0.15, 0.2) is 6.33 Å². The minimum absolute atomic E-state index is 0. The van der Waals surface area contributed by atoms with Crippen LogP contribution in [0.1, 0.15) is 17.8 Å². The molecule has 6 heteroatoms. The Morgan fingerprint density at radius 1 is 1.62 bits per heavy atom. The van der Waals surface area contributed by atoms with Crippen molar-refractivity contribution in [3.8, 4) is 0 Å². The lowest BCUT2D eigenvalue weighted by molar-refractivity contribution is -0.118. The first-order chi connectivity index (χ1) is 5.20. The Labute approximate surface area is 89.1 Å². The summed E-state index contributed by atoms with van der Waals surface area (Å²) in [6, 6.07) is 0. The van der Waals surface area contributed by atoms with Gasteiger partial charge in [0.15, 0.2) is 0 Å². The summed E-state index contributed by atoms with van der Waals surface area (Å²) in [5.74, 6) is -0.285.